The van der Waals surface area contributed by atoms with Crippen molar-refractivity contribution in [3.05, 3.63) is 53.5 Å². The van der Waals surface area contributed by atoms with Crippen molar-refractivity contribution in [1.82, 2.24) is 25.0 Å². The predicted molar refractivity (Wildman–Crippen MR) is 90.9 cm³/mol. The first-order chi connectivity index (χ1) is 12.6. The molecule has 0 radical (unpaired) electrons. The topological polar surface area (TPSA) is 87.9 Å². The van der Waals surface area contributed by atoms with Crippen LogP contribution in [0.1, 0.15) is 40.5 Å². The Morgan fingerprint density at radius 2 is 2.31 bits per heavy atom. The second kappa shape index (κ2) is 6.70. The van der Waals surface area contributed by atoms with Gasteiger partial charge in [0.05, 0.1) is 0 Å². The van der Waals surface area contributed by atoms with E-state index in [9.17, 15) is 9.18 Å². The van der Waals surface area contributed by atoms with Gasteiger partial charge in [-0.05, 0) is 37.5 Å². The minimum atomic E-state index is -0.659. The van der Waals surface area contributed by atoms with Crippen molar-refractivity contribution < 1.29 is 13.7 Å². The highest BCUT2D eigenvalue weighted by Gasteiger charge is 2.29. The Hall–Kier alpha value is -3.03. The highest BCUT2D eigenvalue weighted by Crippen LogP contribution is 2.27. The highest BCUT2D eigenvalue weighted by molar-refractivity contribution is 5.94. The van der Waals surface area contributed by atoms with Crippen molar-refractivity contribution in [2.75, 3.05) is 13.1 Å². The Balaban J connectivity index is 1.50. The average Bonchev–Trinajstić information content (AvgIpc) is 3.30. The third kappa shape index (κ3) is 3.22. The van der Waals surface area contributed by atoms with Crippen molar-refractivity contribution in [2.24, 2.45) is 0 Å². The van der Waals surface area contributed by atoms with Crippen LogP contribution < -0.4 is 0 Å². The lowest BCUT2D eigenvalue weighted by molar-refractivity contribution is 0.0703. The van der Waals surface area contributed by atoms with E-state index in [1.165, 1.54) is 12.3 Å². The van der Waals surface area contributed by atoms with Crippen LogP contribution in [-0.4, -0.2) is 44.0 Å². The number of hydrogen-bond donors (Lipinski definition) is 1. The number of amides is 1. The van der Waals surface area contributed by atoms with Crippen molar-refractivity contribution in [3.63, 3.8) is 0 Å². The number of aromatic nitrogens is 4. The van der Waals surface area contributed by atoms with Gasteiger partial charge in [0.15, 0.2) is 5.82 Å². The summed E-state index contributed by atoms with van der Waals surface area (Å²) in [7, 11) is 0. The zero-order valence-corrected chi connectivity index (χ0v) is 14.3. The first kappa shape index (κ1) is 16.4. The summed E-state index contributed by atoms with van der Waals surface area (Å²) < 4.78 is 18.6. The molecule has 0 aromatic carbocycles. The molecule has 134 valence electrons. The molecule has 7 nitrogen and oxygen atoms in total. The third-order valence-corrected chi connectivity index (χ3v) is 4.55. The van der Waals surface area contributed by atoms with Crippen LogP contribution in [0.3, 0.4) is 0 Å². The van der Waals surface area contributed by atoms with Crippen LogP contribution in [0.5, 0.6) is 0 Å². The summed E-state index contributed by atoms with van der Waals surface area (Å²) in [6.07, 6.45) is 4.87. The molecule has 8 heteroatoms. The predicted octanol–water partition coefficient (Wildman–Crippen LogP) is 2.93. The van der Waals surface area contributed by atoms with Crippen LogP contribution in [0, 0.1) is 12.9 Å². The van der Waals surface area contributed by atoms with Gasteiger partial charge in [-0.1, -0.05) is 5.16 Å². The number of nitrogens with one attached hydrogen (secondary N) is 1. The van der Waals surface area contributed by atoms with E-state index in [4.69, 9.17) is 4.52 Å². The number of aromatic amines is 1. The van der Waals surface area contributed by atoms with E-state index in [-0.39, 0.29) is 11.8 Å². The van der Waals surface area contributed by atoms with Crippen LogP contribution in [-0.2, 0) is 0 Å². The average molecular weight is 355 g/mol. The Labute approximate surface area is 149 Å². The molecule has 0 unspecified atom stereocenters. The standard InChI is InChI=1S/C18H18FN5O2/c1-11-7-14(21-9-11)17-22-16(23-26-17)13-3-2-6-24(10-13)18(25)12-4-5-20-15(19)8-12/h4-5,7-9,13,21H,2-3,6,10H2,1H3/t13-/m0/s1. The smallest absolute Gasteiger partial charge is 0.274 e. The first-order valence-corrected chi connectivity index (χ1v) is 8.50. The van der Waals surface area contributed by atoms with E-state index in [2.05, 4.69) is 20.1 Å². The summed E-state index contributed by atoms with van der Waals surface area (Å²) >= 11 is 0. The largest absolute Gasteiger partial charge is 0.357 e. The lowest BCUT2D eigenvalue weighted by Gasteiger charge is -2.31. The number of H-pyrrole nitrogens is 1. The van der Waals surface area contributed by atoms with Gasteiger partial charge < -0.3 is 14.4 Å². The van der Waals surface area contributed by atoms with E-state index < -0.39 is 5.95 Å². The minimum absolute atomic E-state index is 0.00653. The summed E-state index contributed by atoms with van der Waals surface area (Å²) in [5, 5.41) is 4.09. The molecule has 3 aromatic heterocycles. The Bertz CT molecular complexity index is 935. The zero-order valence-electron chi connectivity index (χ0n) is 14.3. The van der Waals surface area contributed by atoms with Gasteiger partial charge in [0, 0.05) is 43.0 Å². The molecule has 1 amide bonds. The molecule has 1 aliphatic rings. The van der Waals surface area contributed by atoms with Crippen molar-refractivity contribution in [1.29, 1.82) is 0 Å². The van der Waals surface area contributed by atoms with Gasteiger partial charge in [-0.3, -0.25) is 4.79 Å². The van der Waals surface area contributed by atoms with Gasteiger partial charge in [-0.25, -0.2) is 4.98 Å². The van der Waals surface area contributed by atoms with Crippen molar-refractivity contribution >= 4 is 5.91 Å². The fourth-order valence-electron chi connectivity index (χ4n) is 3.23. The minimum Gasteiger partial charge on any atom is -0.357 e. The first-order valence-electron chi connectivity index (χ1n) is 8.50. The monoisotopic (exact) mass is 355 g/mol. The zero-order chi connectivity index (χ0) is 18.1. The van der Waals surface area contributed by atoms with Gasteiger partial charge in [0.1, 0.15) is 5.69 Å². The van der Waals surface area contributed by atoms with Gasteiger partial charge >= 0.3 is 0 Å². The summed E-state index contributed by atoms with van der Waals surface area (Å²) in [4.78, 5) is 25.4. The maximum absolute atomic E-state index is 13.3. The van der Waals surface area contributed by atoms with Crippen LogP contribution in [0.25, 0.3) is 11.6 Å². The number of aryl methyl sites for hydroxylation is 1. The van der Waals surface area contributed by atoms with Crippen molar-refractivity contribution in [2.45, 2.75) is 25.7 Å². The number of pyridine rings is 1. The number of carbonyl (C=O) groups excluding carboxylic acids is 1. The SMILES string of the molecule is Cc1c[nH]c(-c2nc([C@H]3CCCN(C(=O)c4ccnc(F)c4)C3)no2)c1. The quantitative estimate of drug-likeness (QED) is 0.730. The van der Waals surface area contributed by atoms with Gasteiger partial charge in [-0.2, -0.15) is 9.37 Å². The maximum atomic E-state index is 13.3. The summed E-state index contributed by atoms with van der Waals surface area (Å²) in [5.74, 6) is 0.152. The van der Waals surface area contributed by atoms with Crippen LogP contribution in [0.2, 0.25) is 0 Å². The number of carbonyl (C=O) groups is 1. The molecule has 4 heterocycles. The third-order valence-electron chi connectivity index (χ3n) is 4.55. The highest BCUT2D eigenvalue weighted by atomic mass is 19.1. The molecule has 0 bridgehead atoms. The van der Waals surface area contributed by atoms with Crippen LogP contribution >= 0.6 is 0 Å². The van der Waals surface area contributed by atoms with Crippen LogP contribution in [0.15, 0.2) is 35.1 Å². The Kier molecular flexibility index (Phi) is 4.24. The summed E-state index contributed by atoms with van der Waals surface area (Å²) in [5.41, 5.74) is 2.16. The normalized spacial score (nSPS) is 17.5. The van der Waals surface area contributed by atoms with E-state index in [1.807, 2.05) is 19.2 Å². The van der Waals surface area contributed by atoms with Crippen LogP contribution in [0.4, 0.5) is 4.39 Å². The molecule has 1 aliphatic heterocycles. The fourth-order valence-corrected chi connectivity index (χ4v) is 3.23. The van der Waals surface area contributed by atoms with Gasteiger partial charge in [0.25, 0.3) is 11.8 Å². The van der Waals surface area contributed by atoms with Crippen molar-refractivity contribution in [3.8, 4) is 11.6 Å². The Morgan fingerprint density at radius 1 is 1.42 bits per heavy atom. The molecule has 1 N–H and O–H groups in total. The molecular weight excluding hydrogens is 337 g/mol. The number of rotatable bonds is 3. The second-order valence-corrected chi connectivity index (χ2v) is 6.51. The lowest BCUT2D eigenvalue weighted by atomic mass is 9.97. The molecule has 1 fully saturated rings. The van der Waals surface area contributed by atoms with E-state index >= 15 is 0 Å². The van der Waals surface area contributed by atoms with E-state index in [0.717, 1.165) is 30.2 Å². The molecule has 1 atom stereocenters. The summed E-state index contributed by atoms with van der Waals surface area (Å²) in [6, 6.07) is 4.62. The number of halogens is 1. The molecule has 0 saturated carbocycles. The molecule has 1 saturated heterocycles. The number of likely N-dealkylation sites (tertiary alicyclic amines) is 1. The lowest BCUT2D eigenvalue weighted by Crippen LogP contribution is -2.39. The fraction of sp³-hybridized carbons (Fsp3) is 0.333. The van der Waals surface area contributed by atoms with E-state index in [1.54, 1.807) is 4.90 Å². The molecule has 0 spiro atoms. The van der Waals surface area contributed by atoms with E-state index in [0.29, 0.717) is 30.4 Å². The Morgan fingerprint density at radius 3 is 3.08 bits per heavy atom. The van der Waals surface area contributed by atoms with Gasteiger partial charge in [-0.15, -0.1) is 0 Å². The number of hydrogen-bond acceptors (Lipinski definition) is 5. The molecule has 0 aliphatic carbocycles. The molecular formula is C18H18FN5O2. The number of nitrogens with zero attached hydrogens (tertiary/aromatic N) is 4. The summed E-state index contributed by atoms with van der Waals surface area (Å²) in [6.45, 7) is 3.08. The molecule has 26 heavy (non-hydrogen) atoms. The molecule has 3 aromatic rings. The second-order valence-electron chi connectivity index (χ2n) is 6.51. The number of piperidine rings is 1. The molecule has 4 rings (SSSR count). The maximum Gasteiger partial charge on any atom is 0.274 e. The van der Waals surface area contributed by atoms with Gasteiger partial charge in [0.2, 0.25) is 5.95 Å².